The van der Waals surface area contributed by atoms with Crippen molar-refractivity contribution in [2.24, 2.45) is 11.1 Å². The second-order valence-corrected chi connectivity index (χ2v) is 11.6. The van der Waals surface area contributed by atoms with Gasteiger partial charge in [-0.15, -0.1) is 0 Å². The van der Waals surface area contributed by atoms with Gasteiger partial charge >= 0.3 is 6.09 Å². The maximum absolute atomic E-state index is 13.9. The fraction of sp³-hybridized carbons (Fsp3) is 0.593. The summed E-state index contributed by atoms with van der Waals surface area (Å²) in [5, 5.41) is 15.7. The van der Waals surface area contributed by atoms with Crippen molar-refractivity contribution in [1.82, 2.24) is 16.0 Å². The number of nitrogens with zero attached hydrogens (tertiary/aromatic N) is 2. The minimum atomic E-state index is -1.36. The zero-order valence-corrected chi connectivity index (χ0v) is 24.0. The van der Waals surface area contributed by atoms with E-state index in [4.69, 9.17) is 20.4 Å². The molecule has 0 radical (unpaired) electrons. The third kappa shape index (κ3) is 8.65. The molecule has 0 saturated carbocycles. The molecule has 13 heteroatoms. The highest BCUT2D eigenvalue weighted by Gasteiger charge is 2.45. The predicted octanol–water partition coefficient (Wildman–Crippen LogP) is 1.16. The molecule has 2 heterocycles. The molecule has 1 saturated heterocycles. The quantitative estimate of drug-likeness (QED) is 0.336. The molecule has 0 bridgehead atoms. The highest BCUT2D eigenvalue weighted by molar-refractivity contribution is 6.11. The van der Waals surface area contributed by atoms with E-state index in [0.29, 0.717) is 11.4 Å². The van der Waals surface area contributed by atoms with E-state index in [1.807, 2.05) is 0 Å². The Hall–Kier alpha value is -3.71. The average molecular weight is 563 g/mol. The lowest BCUT2D eigenvalue weighted by molar-refractivity contribution is -0.127. The Bertz CT molecular complexity index is 1080. The fourth-order valence-electron chi connectivity index (χ4n) is 4.37. The number of fused-ring (bicyclic) bond motifs is 1. The molecule has 4 amide bonds. The molecule has 1 aromatic carbocycles. The molecule has 2 aliphatic rings. The molecule has 13 nitrogen and oxygen atoms in total. The lowest BCUT2D eigenvalue weighted by atomic mass is 9.93. The third-order valence-corrected chi connectivity index (χ3v) is 6.14. The van der Waals surface area contributed by atoms with E-state index >= 15 is 0 Å². The van der Waals surface area contributed by atoms with Gasteiger partial charge in [0, 0.05) is 11.5 Å². The molecule has 0 spiro atoms. The van der Waals surface area contributed by atoms with Gasteiger partial charge in [0.1, 0.15) is 24.4 Å². The van der Waals surface area contributed by atoms with Crippen LogP contribution in [0.4, 0.5) is 16.2 Å². The first-order valence-corrected chi connectivity index (χ1v) is 13.2. The van der Waals surface area contributed by atoms with Crippen molar-refractivity contribution in [3.8, 4) is 0 Å². The van der Waals surface area contributed by atoms with Gasteiger partial charge in [-0.25, -0.2) is 4.79 Å². The Balaban J connectivity index is 0.00000178. The lowest BCUT2D eigenvalue weighted by Gasteiger charge is -2.35. The molecule has 0 aromatic heterocycles. The van der Waals surface area contributed by atoms with E-state index in [1.165, 1.54) is 9.80 Å². The standard InChI is InChI=1S/C26H40N6O5.CH2O2/c1-25(2,3)23(35)32-18-10-8-7-9-17(18)31(15-19(33)29-16-11-13-28-14-12-16)22(34)20(21(32)27)30-24(36)37-26(4,5)6;2-1-3/h7-10,16,20-21,28H,11-15,27H2,1-6H3,(H,29,33)(H,30,36);1H,(H,2,3). The summed E-state index contributed by atoms with van der Waals surface area (Å²) in [6.45, 7) is 11.4. The van der Waals surface area contributed by atoms with Crippen LogP contribution in [-0.4, -0.2) is 78.9 Å². The van der Waals surface area contributed by atoms with E-state index in [9.17, 15) is 19.2 Å². The maximum Gasteiger partial charge on any atom is 0.408 e. The highest BCUT2D eigenvalue weighted by Crippen LogP contribution is 2.36. The number of nitrogens with two attached hydrogens (primary N) is 1. The molecule has 1 fully saturated rings. The van der Waals surface area contributed by atoms with Gasteiger partial charge in [-0.1, -0.05) is 32.9 Å². The van der Waals surface area contributed by atoms with Crippen LogP contribution in [0.5, 0.6) is 0 Å². The van der Waals surface area contributed by atoms with E-state index in [1.54, 1.807) is 65.8 Å². The van der Waals surface area contributed by atoms with Crippen LogP contribution in [0.25, 0.3) is 0 Å². The number of ether oxygens (including phenoxy) is 1. The van der Waals surface area contributed by atoms with Gasteiger partial charge in [-0.05, 0) is 58.8 Å². The molecule has 1 aromatic rings. The number of alkyl carbamates (subject to hydrolysis) is 1. The molecule has 2 aliphatic heterocycles. The Morgan fingerprint density at radius 3 is 2.15 bits per heavy atom. The number of amides is 4. The van der Waals surface area contributed by atoms with Crippen molar-refractivity contribution in [2.75, 3.05) is 29.4 Å². The van der Waals surface area contributed by atoms with Crippen LogP contribution in [0.15, 0.2) is 24.3 Å². The molecular formula is C27H42N6O7. The van der Waals surface area contributed by atoms with Crippen molar-refractivity contribution in [3.05, 3.63) is 24.3 Å². The van der Waals surface area contributed by atoms with Crippen molar-refractivity contribution in [1.29, 1.82) is 0 Å². The first kappa shape index (κ1) is 32.5. The Morgan fingerprint density at radius 1 is 1.07 bits per heavy atom. The van der Waals surface area contributed by atoms with Gasteiger partial charge in [0.15, 0.2) is 0 Å². The number of carbonyl (C=O) groups excluding carboxylic acids is 4. The summed E-state index contributed by atoms with van der Waals surface area (Å²) >= 11 is 0. The van der Waals surface area contributed by atoms with Crippen LogP contribution < -0.4 is 31.5 Å². The van der Waals surface area contributed by atoms with Crippen molar-refractivity contribution < 1.29 is 33.8 Å². The smallest absolute Gasteiger partial charge is 0.408 e. The Labute approximate surface area is 234 Å². The van der Waals surface area contributed by atoms with Crippen LogP contribution in [-0.2, 0) is 23.9 Å². The number of benzene rings is 1. The lowest BCUT2D eigenvalue weighted by Crippen LogP contribution is -2.64. The number of carboxylic acid groups (broad SMARTS) is 1. The number of hydrogen-bond donors (Lipinski definition) is 5. The third-order valence-electron chi connectivity index (χ3n) is 6.14. The van der Waals surface area contributed by atoms with Gasteiger partial charge in [0.05, 0.1) is 11.4 Å². The van der Waals surface area contributed by atoms with Crippen molar-refractivity contribution in [2.45, 2.75) is 78.2 Å². The van der Waals surface area contributed by atoms with E-state index < -0.39 is 35.2 Å². The van der Waals surface area contributed by atoms with Gasteiger partial charge in [-0.3, -0.25) is 29.0 Å². The number of hydrogen-bond acceptors (Lipinski definition) is 8. The second-order valence-electron chi connectivity index (χ2n) is 11.6. The van der Waals surface area contributed by atoms with Gasteiger partial charge < -0.3 is 31.5 Å². The molecular weight excluding hydrogens is 520 g/mol. The summed E-state index contributed by atoms with van der Waals surface area (Å²) in [7, 11) is 0. The van der Waals surface area contributed by atoms with Crippen LogP contribution in [0.2, 0.25) is 0 Å². The van der Waals surface area contributed by atoms with E-state index in [0.717, 1.165) is 25.9 Å². The van der Waals surface area contributed by atoms with E-state index in [2.05, 4.69) is 16.0 Å². The molecule has 3 rings (SSSR count). The van der Waals surface area contributed by atoms with Crippen LogP contribution in [0, 0.1) is 5.41 Å². The molecule has 2 atom stereocenters. The molecule has 40 heavy (non-hydrogen) atoms. The Kier molecular flexibility index (Phi) is 11.0. The van der Waals surface area contributed by atoms with Crippen LogP contribution in [0.3, 0.4) is 0 Å². The second kappa shape index (κ2) is 13.6. The largest absolute Gasteiger partial charge is 0.483 e. The number of rotatable bonds is 4. The predicted molar refractivity (Wildman–Crippen MR) is 150 cm³/mol. The summed E-state index contributed by atoms with van der Waals surface area (Å²) < 4.78 is 5.37. The SMILES string of the molecule is CC(C)(C)OC(=O)NC1C(=O)N(CC(=O)NC2CCNCC2)c2ccccc2N(C(=O)C(C)(C)C)C1N.O=CO. The molecule has 0 aliphatic carbocycles. The average Bonchev–Trinajstić information content (AvgIpc) is 2.92. The zero-order chi connectivity index (χ0) is 30.3. The number of carbonyl (C=O) groups is 5. The first-order chi connectivity index (χ1) is 18.6. The summed E-state index contributed by atoms with van der Waals surface area (Å²) in [6, 6.07) is 5.43. The van der Waals surface area contributed by atoms with Gasteiger partial charge in [0.2, 0.25) is 11.8 Å². The Morgan fingerprint density at radius 2 is 1.62 bits per heavy atom. The minimum Gasteiger partial charge on any atom is -0.483 e. The van der Waals surface area contributed by atoms with Gasteiger partial charge in [-0.2, -0.15) is 0 Å². The number of para-hydroxylation sites is 2. The van der Waals surface area contributed by atoms with E-state index in [-0.39, 0.29) is 30.9 Å². The fourth-order valence-corrected chi connectivity index (χ4v) is 4.37. The topological polar surface area (TPSA) is 183 Å². The summed E-state index contributed by atoms with van der Waals surface area (Å²) in [5.74, 6) is -1.29. The maximum atomic E-state index is 13.9. The molecule has 222 valence electrons. The van der Waals surface area contributed by atoms with Crippen molar-refractivity contribution in [3.63, 3.8) is 0 Å². The normalized spacial score (nSPS) is 19.8. The van der Waals surface area contributed by atoms with Gasteiger partial charge in [0.25, 0.3) is 12.4 Å². The minimum absolute atomic E-state index is 0.00276. The summed E-state index contributed by atoms with van der Waals surface area (Å²) in [6.07, 6.45) is -0.518. The zero-order valence-electron chi connectivity index (χ0n) is 24.0. The molecule has 2 unspecified atom stereocenters. The number of nitrogens with one attached hydrogen (secondary N) is 3. The molecule has 6 N–H and O–H groups in total. The number of anilines is 2. The highest BCUT2D eigenvalue weighted by atomic mass is 16.6. The number of piperidine rings is 1. The van der Waals surface area contributed by atoms with Crippen molar-refractivity contribution >= 4 is 41.7 Å². The summed E-state index contributed by atoms with van der Waals surface area (Å²) in [5.41, 5.74) is 5.64. The van der Waals surface area contributed by atoms with Crippen LogP contribution in [0.1, 0.15) is 54.4 Å². The first-order valence-electron chi connectivity index (χ1n) is 13.2. The monoisotopic (exact) mass is 562 g/mol. The van der Waals surface area contributed by atoms with Crippen LogP contribution >= 0.6 is 0 Å². The summed E-state index contributed by atoms with van der Waals surface area (Å²) in [4.78, 5) is 64.3.